The number of nitrogens with zero attached hydrogens (tertiary/aromatic N) is 1. The van der Waals surface area contributed by atoms with E-state index in [1.807, 2.05) is 18.2 Å². The van der Waals surface area contributed by atoms with Gasteiger partial charge in [0.25, 0.3) is 0 Å². The highest BCUT2D eigenvalue weighted by atomic mass is 16.5. The Morgan fingerprint density at radius 1 is 1.36 bits per heavy atom. The zero-order chi connectivity index (χ0) is 9.80. The summed E-state index contributed by atoms with van der Waals surface area (Å²) in [7, 11) is 0. The molecule has 0 bridgehead atoms. The van der Waals surface area contributed by atoms with Gasteiger partial charge in [0.05, 0.1) is 0 Å². The van der Waals surface area contributed by atoms with Crippen LogP contribution in [-0.2, 0) is 6.54 Å². The van der Waals surface area contributed by atoms with Crippen LogP contribution in [-0.4, -0.2) is 31.1 Å². The molecular formula is C11H16N2O. The first kappa shape index (κ1) is 9.49. The molecule has 0 fully saturated rings. The third-order valence-corrected chi connectivity index (χ3v) is 2.48. The maximum Gasteiger partial charge on any atom is 0.123 e. The number of ether oxygens (including phenoxy) is 1. The van der Waals surface area contributed by atoms with Crippen molar-refractivity contribution >= 4 is 0 Å². The maximum atomic E-state index is 5.64. The second kappa shape index (κ2) is 4.44. The molecular weight excluding hydrogens is 176 g/mol. The minimum Gasteiger partial charge on any atom is -0.492 e. The number of hydrogen-bond donors (Lipinski definition) is 1. The van der Waals surface area contributed by atoms with Crippen LogP contribution in [0.5, 0.6) is 5.75 Å². The number of para-hydroxylation sites is 1. The molecule has 0 aliphatic carbocycles. The Hall–Kier alpha value is -1.06. The summed E-state index contributed by atoms with van der Waals surface area (Å²) in [5, 5.41) is 0. The van der Waals surface area contributed by atoms with Crippen LogP contribution < -0.4 is 10.5 Å². The van der Waals surface area contributed by atoms with Crippen LogP contribution in [0.2, 0.25) is 0 Å². The van der Waals surface area contributed by atoms with Crippen LogP contribution in [0, 0.1) is 0 Å². The van der Waals surface area contributed by atoms with E-state index >= 15 is 0 Å². The average molecular weight is 192 g/mol. The SMILES string of the molecule is NCCN1CCOc2ccccc2C1. The van der Waals surface area contributed by atoms with E-state index < -0.39 is 0 Å². The van der Waals surface area contributed by atoms with Gasteiger partial charge in [-0.25, -0.2) is 0 Å². The molecule has 0 saturated carbocycles. The van der Waals surface area contributed by atoms with Crippen molar-refractivity contribution in [1.82, 2.24) is 4.90 Å². The summed E-state index contributed by atoms with van der Waals surface area (Å²) < 4.78 is 5.64. The van der Waals surface area contributed by atoms with E-state index in [1.54, 1.807) is 0 Å². The predicted octanol–water partition coefficient (Wildman–Crippen LogP) is 0.840. The fourth-order valence-corrected chi connectivity index (χ4v) is 1.75. The van der Waals surface area contributed by atoms with E-state index in [4.69, 9.17) is 10.5 Å². The number of fused-ring (bicyclic) bond motifs is 1. The summed E-state index contributed by atoms with van der Waals surface area (Å²) in [4.78, 5) is 2.33. The molecule has 3 heteroatoms. The topological polar surface area (TPSA) is 38.5 Å². The van der Waals surface area contributed by atoms with Crippen LogP contribution >= 0.6 is 0 Å². The van der Waals surface area contributed by atoms with Gasteiger partial charge in [-0.3, -0.25) is 4.90 Å². The average Bonchev–Trinajstić information content (AvgIpc) is 2.40. The van der Waals surface area contributed by atoms with Gasteiger partial charge in [-0.2, -0.15) is 0 Å². The van der Waals surface area contributed by atoms with Crippen molar-refractivity contribution in [1.29, 1.82) is 0 Å². The number of rotatable bonds is 2. The van der Waals surface area contributed by atoms with E-state index in [1.165, 1.54) is 5.56 Å². The van der Waals surface area contributed by atoms with E-state index in [9.17, 15) is 0 Å². The molecule has 1 heterocycles. The van der Waals surface area contributed by atoms with Crippen molar-refractivity contribution in [3.05, 3.63) is 29.8 Å². The number of hydrogen-bond acceptors (Lipinski definition) is 3. The van der Waals surface area contributed by atoms with Crippen molar-refractivity contribution in [2.75, 3.05) is 26.2 Å². The standard InChI is InChI=1S/C11H16N2O/c12-5-6-13-7-8-14-11-4-2-1-3-10(11)9-13/h1-4H,5-9,12H2. The smallest absolute Gasteiger partial charge is 0.123 e. The summed E-state index contributed by atoms with van der Waals surface area (Å²) >= 11 is 0. The first-order valence-electron chi connectivity index (χ1n) is 5.03. The molecule has 0 radical (unpaired) electrons. The molecule has 3 nitrogen and oxygen atoms in total. The lowest BCUT2D eigenvalue weighted by atomic mass is 10.2. The van der Waals surface area contributed by atoms with Gasteiger partial charge in [0.15, 0.2) is 0 Å². The summed E-state index contributed by atoms with van der Waals surface area (Å²) in [6.45, 7) is 4.33. The molecule has 0 saturated heterocycles. The molecule has 1 aliphatic heterocycles. The van der Waals surface area contributed by atoms with Crippen LogP contribution in [0.4, 0.5) is 0 Å². The summed E-state index contributed by atoms with van der Waals surface area (Å²) in [5.74, 6) is 1.02. The van der Waals surface area contributed by atoms with Gasteiger partial charge in [-0.15, -0.1) is 0 Å². The number of nitrogens with two attached hydrogens (primary N) is 1. The Labute approximate surface area is 84.5 Å². The molecule has 0 atom stereocenters. The van der Waals surface area contributed by atoms with Crippen molar-refractivity contribution in [3.8, 4) is 5.75 Å². The van der Waals surface area contributed by atoms with E-state index in [-0.39, 0.29) is 0 Å². The summed E-state index contributed by atoms with van der Waals surface area (Å²) in [5.41, 5.74) is 6.81. The van der Waals surface area contributed by atoms with Crippen molar-refractivity contribution in [2.45, 2.75) is 6.54 Å². The monoisotopic (exact) mass is 192 g/mol. The van der Waals surface area contributed by atoms with Crippen LogP contribution in [0.3, 0.4) is 0 Å². The molecule has 0 amide bonds. The van der Waals surface area contributed by atoms with Crippen molar-refractivity contribution in [3.63, 3.8) is 0 Å². The van der Waals surface area contributed by atoms with Crippen LogP contribution in [0.1, 0.15) is 5.56 Å². The lowest BCUT2D eigenvalue weighted by Gasteiger charge is -2.17. The third-order valence-electron chi connectivity index (χ3n) is 2.48. The van der Waals surface area contributed by atoms with E-state index in [2.05, 4.69) is 11.0 Å². The van der Waals surface area contributed by atoms with Gasteiger partial charge in [-0.1, -0.05) is 18.2 Å². The normalized spacial score (nSPS) is 16.9. The van der Waals surface area contributed by atoms with Gasteiger partial charge in [0.2, 0.25) is 0 Å². The fraction of sp³-hybridized carbons (Fsp3) is 0.455. The molecule has 1 aromatic carbocycles. The zero-order valence-corrected chi connectivity index (χ0v) is 8.28. The summed E-state index contributed by atoms with van der Waals surface area (Å²) in [6.07, 6.45) is 0. The second-order valence-electron chi connectivity index (χ2n) is 3.52. The highest BCUT2D eigenvalue weighted by molar-refractivity contribution is 5.33. The Morgan fingerprint density at radius 3 is 3.07 bits per heavy atom. The van der Waals surface area contributed by atoms with Gasteiger partial charge in [0.1, 0.15) is 12.4 Å². The molecule has 0 unspecified atom stereocenters. The molecule has 14 heavy (non-hydrogen) atoms. The van der Waals surface area contributed by atoms with Gasteiger partial charge in [-0.05, 0) is 6.07 Å². The molecule has 1 aliphatic rings. The number of benzene rings is 1. The molecule has 2 rings (SSSR count). The Morgan fingerprint density at radius 2 is 2.21 bits per heavy atom. The lowest BCUT2D eigenvalue weighted by molar-refractivity contribution is 0.230. The fourth-order valence-electron chi connectivity index (χ4n) is 1.75. The quantitative estimate of drug-likeness (QED) is 0.754. The van der Waals surface area contributed by atoms with Crippen molar-refractivity contribution < 1.29 is 4.74 Å². The zero-order valence-electron chi connectivity index (χ0n) is 8.28. The molecule has 0 spiro atoms. The Balaban J connectivity index is 2.14. The van der Waals surface area contributed by atoms with Gasteiger partial charge in [0, 0.05) is 31.7 Å². The Bertz CT molecular complexity index is 301. The summed E-state index contributed by atoms with van der Waals surface area (Å²) in [6, 6.07) is 8.21. The minimum absolute atomic E-state index is 0.710. The third kappa shape index (κ3) is 2.05. The molecule has 76 valence electrons. The molecule has 2 N–H and O–H groups in total. The van der Waals surface area contributed by atoms with Crippen molar-refractivity contribution in [2.24, 2.45) is 5.73 Å². The highest BCUT2D eigenvalue weighted by Gasteiger charge is 2.13. The first-order chi connectivity index (χ1) is 6.90. The predicted molar refractivity (Wildman–Crippen MR) is 56.3 cm³/mol. The largest absolute Gasteiger partial charge is 0.492 e. The maximum absolute atomic E-state index is 5.64. The van der Waals surface area contributed by atoms with Gasteiger partial charge >= 0.3 is 0 Å². The minimum atomic E-state index is 0.710. The van der Waals surface area contributed by atoms with E-state index in [0.29, 0.717) is 6.54 Å². The lowest BCUT2D eigenvalue weighted by Crippen LogP contribution is -2.30. The van der Waals surface area contributed by atoms with Crippen LogP contribution in [0.15, 0.2) is 24.3 Å². The molecule has 0 aromatic heterocycles. The van der Waals surface area contributed by atoms with E-state index in [0.717, 1.165) is 32.0 Å². The highest BCUT2D eigenvalue weighted by Crippen LogP contribution is 2.21. The van der Waals surface area contributed by atoms with Crippen LogP contribution in [0.25, 0.3) is 0 Å². The molecule has 1 aromatic rings. The Kier molecular flexibility index (Phi) is 3.01. The van der Waals surface area contributed by atoms with Gasteiger partial charge < -0.3 is 10.5 Å². The first-order valence-corrected chi connectivity index (χ1v) is 5.03. The second-order valence-corrected chi connectivity index (χ2v) is 3.52.